The molecule has 0 radical (unpaired) electrons. The lowest BCUT2D eigenvalue weighted by Gasteiger charge is -2.15. The molecule has 0 spiro atoms. The molecule has 0 fully saturated rings. The van der Waals surface area contributed by atoms with Crippen molar-refractivity contribution in [3.63, 3.8) is 0 Å². The van der Waals surface area contributed by atoms with Gasteiger partial charge in [-0.05, 0) is 41.8 Å². The molecule has 5 rings (SSSR count). The second-order valence-electron chi connectivity index (χ2n) is 6.91. The standard InChI is InChI=1S/C25H15NO4/c27-23-20-12-3-4-13-21(20)24(28)26(23)18-10-5-9-17(15-18)25(29)30-22-14-6-8-16-7-1-2-11-19(16)22/h1-15H. The Morgan fingerprint density at radius 1 is 0.700 bits per heavy atom. The maximum absolute atomic E-state index is 12.8. The summed E-state index contributed by atoms with van der Waals surface area (Å²) in [6.07, 6.45) is 0. The molecule has 5 nitrogen and oxygen atoms in total. The van der Waals surface area contributed by atoms with Crippen molar-refractivity contribution in [1.29, 1.82) is 0 Å². The first-order chi connectivity index (χ1) is 14.6. The molecule has 0 unspecified atom stereocenters. The number of hydrogen-bond acceptors (Lipinski definition) is 4. The number of carbonyl (C=O) groups excluding carboxylic acids is 3. The average molecular weight is 393 g/mol. The van der Waals surface area contributed by atoms with E-state index in [9.17, 15) is 14.4 Å². The molecular formula is C25H15NO4. The largest absolute Gasteiger partial charge is 0.422 e. The smallest absolute Gasteiger partial charge is 0.343 e. The molecule has 144 valence electrons. The van der Waals surface area contributed by atoms with Crippen molar-refractivity contribution in [3.05, 3.63) is 108 Å². The van der Waals surface area contributed by atoms with E-state index in [4.69, 9.17) is 4.74 Å². The van der Waals surface area contributed by atoms with E-state index in [0.717, 1.165) is 15.7 Å². The van der Waals surface area contributed by atoms with Gasteiger partial charge in [0.15, 0.2) is 0 Å². The van der Waals surface area contributed by atoms with Gasteiger partial charge < -0.3 is 4.74 Å². The number of esters is 1. The predicted octanol–water partition coefficient (Wildman–Crippen LogP) is 4.86. The quantitative estimate of drug-likeness (QED) is 0.283. The van der Waals surface area contributed by atoms with Gasteiger partial charge in [-0.2, -0.15) is 0 Å². The molecule has 4 aromatic rings. The first-order valence-corrected chi connectivity index (χ1v) is 9.41. The van der Waals surface area contributed by atoms with Crippen molar-refractivity contribution in [2.75, 3.05) is 4.90 Å². The van der Waals surface area contributed by atoms with E-state index in [2.05, 4.69) is 0 Å². The Balaban J connectivity index is 1.46. The fourth-order valence-corrected chi connectivity index (χ4v) is 3.64. The van der Waals surface area contributed by atoms with E-state index >= 15 is 0 Å². The van der Waals surface area contributed by atoms with E-state index < -0.39 is 17.8 Å². The van der Waals surface area contributed by atoms with Crippen LogP contribution < -0.4 is 9.64 Å². The Bertz CT molecular complexity index is 1300. The molecule has 0 N–H and O–H groups in total. The predicted molar refractivity (Wildman–Crippen MR) is 113 cm³/mol. The van der Waals surface area contributed by atoms with Crippen molar-refractivity contribution in [2.45, 2.75) is 0 Å². The zero-order chi connectivity index (χ0) is 20.7. The van der Waals surface area contributed by atoms with Crippen LogP contribution in [0, 0.1) is 0 Å². The highest BCUT2D eigenvalue weighted by molar-refractivity contribution is 6.34. The lowest BCUT2D eigenvalue weighted by atomic mass is 10.1. The van der Waals surface area contributed by atoms with Gasteiger partial charge >= 0.3 is 5.97 Å². The monoisotopic (exact) mass is 393 g/mol. The summed E-state index contributed by atoms with van der Waals surface area (Å²) in [5.41, 5.74) is 1.28. The summed E-state index contributed by atoms with van der Waals surface area (Å²) >= 11 is 0. The molecule has 0 aliphatic carbocycles. The number of carbonyl (C=O) groups is 3. The fourth-order valence-electron chi connectivity index (χ4n) is 3.64. The number of hydrogen-bond donors (Lipinski definition) is 0. The van der Waals surface area contributed by atoms with Crippen LogP contribution in [-0.4, -0.2) is 17.8 Å². The highest BCUT2D eigenvalue weighted by Gasteiger charge is 2.36. The van der Waals surface area contributed by atoms with Crippen LogP contribution in [0.3, 0.4) is 0 Å². The zero-order valence-corrected chi connectivity index (χ0v) is 15.7. The highest BCUT2D eigenvalue weighted by atomic mass is 16.5. The van der Waals surface area contributed by atoms with Gasteiger partial charge in [0.25, 0.3) is 11.8 Å². The van der Waals surface area contributed by atoms with Gasteiger partial charge in [-0.15, -0.1) is 0 Å². The first kappa shape index (κ1) is 17.8. The van der Waals surface area contributed by atoms with E-state index in [1.165, 1.54) is 6.07 Å². The molecule has 0 saturated carbocycles. The number of benzene rings is 4. The molecule has 4 aromatic carbocycles. The minimum absolute atomic E-state index is 0.247. The van der Waals surface area contributed by atoms with Gasteiger partial charge in [-0.3, -0.25) is 9.59 Å². The Morgan fingerprint density at radius 3 is 2.10 bits per heavy atom. The second-order valence-corrected chi connectivity index (χ2v) is 6.91. The number of amides is 2. The molecule has 5 heteroatoms. The van der Waals surface area contributed by atoms with Gasteiger partial charge in [0.1, 0.15) is 5.75 Å². The molecule has 30 heavy (non-hydrogen) atoms. The molecule has 0 aromatic heterocycles. The van der Waals surface area contributed by atoms with Crippen LogP contribution in [-0.2, 0) is 0 Å². The first-order valence-electron chi connectivity index (χ1n) is 9.41. The average Bonchev–Trinajstić information content (AvgIpc) is 3.04. The van der Waals surface area contributed by atoms with Crippen LogP contribution in [0.4, 0.5) is 5.69 Å². The SMILES string of the molecule is O=C(Oc1cccc2ccccc12)c1cccc(N2C(=O)c3ccccc3C2=O)c1. The fraction of sp³-hybridized carbons (Fsp3) is 0. The third-order valence-electron chi connectivity index (χ3n) is 5.09. The Labute approximate surface area is 172 Å². The molecular weight excluding hydrogens is 378 g/mol. The molecule has 0 bridgehead atoms. The van der Waals surface area contributed by atoms with Gasteiger partial charge in [-0.25, -0.2) is 9.69 Å². The summed E-state index contributed by atoms with van der Waals surface area (Å²) in [5.74, 6) is -0.931. The number of nitrogens with zero attached hydrogens (tertiary/aromatic N) is 1. The molecule has 0 saturated heterocycles. The van der Waals surface area contributed by atoms with Gasteiger partial charge in [-0.1, -0.05) is 54.6 Å². The number of ether oxygens (including phenoxy) is 1. The van der Waals surface area contributed by atoms with Crippen molar-refractivity contribution in [3.8, 4) is 5.75 Å². The van der Waals surface area contributed by atoms with E-state index in [0.29, 0.717) is 22.6 Å². The number of anilines is 1. The summed E-state index contributed by atoms with van der Waals surface area (Å²) in [6, 6.07) is 26.1. The molecule has 2 amide bonds. The molecule has 1 aliphatic rings. The second kappa shape index (κ2) is 6.97. The topological polar surface area (TPSA) is 63.7 Å². The van der Waals surface area contributed by atoms with Crippen LogP contribution in [0.1, 0.15) is 31.1 Å². The molecule has 1 heterocycles. The van der Waals surface area contributed by atoms with Crippen molar-refractivity contribution in [1.82, 2.24) is 0 Å². The minimum Gasteiger partial charge on any atom is -0.422 e. The highest BCUT2D eigenvalue weighted by Crippen LogP contribution is 2.30. The van der Waals surface area contributed by atoms with Crippen LogP contribution >= 0.6 is 0 Å². The van der Waals surface area contributed by atoms with Crippen molar-refractivity contribution < 1.29 is 19.1 Å². The third-order valence-corrected chi connectivity index (χ3v) is 5.09. The van der Waals surface area contributed by atoms with Crippen LogP contribution in [0.25, 0.3) is 10.8 Å². The summed E-state index contributed by atoms with van der Waals surface area (Å²) < 4.78 is 5.62. The Hall–Kier alpha value is -4.25. The zero-order valence-electron chi connectivity index (χ0n) is 15.7. The number of imide groups is 1. The minimum atomic E-state index is -0.565. The van der Waals surface area contributed by atoms with Crippen LogP contribution in [0.5, 0.6) is 5.75 Å². The van der Waals surface area contributed by atoms with Gasteiger partial charge in [0.2, 0.25) is 0 Å². The normalized spacial score (nSPS) is 12.9. The number of rotatable bonds is 3. The third kappa shape index (κ3) is 2.84. The maximum atomic E-state index is 12.8. The summed E-state index contributed by atoms with van der Waals surface area (Å²) in [4.78, 5) is 39.3. The summed E-state index contributed by atoms with van der Waals surface area (Å²) in [6.45, 7) is 0. The number of fused-ring (bicyclic) bond motifs is 2. The molecule has 1 aliphatic heterocycles. The Kier molecular flexibility index (Phi) is 4.14. The Morgan fingerprint density at radius 2 is 1.33 bits per heavy atom. The van der Waals surface area contributed by atoms with E-state index in [1.807, 2.05) is 36.4 Å². The van der Waals surface area contributed by atoms with Gasteiger partial charge in [0, 0.05) is 5.39 Å². The van der Waals surface area contributed by atoms with Crippen molar-refractivity contribution in [2.24, 2.45) is 0 Å². The maximum Gasteiger partial charge on any atom is 0.343 e. The van der Waals surface area contributed by atoms with Crippen LogP contribution in [0.2, 0.25) is 0 Å². The lowest BCUT2D eigenvalue weighted by molar-refractivity contribution is 0.0735. The van der Waals surface area contributed by atoms with Gasteiger partial charge in [0.05, 0.1) is 22.4 Å². The van der Waals surface area contributed by atoms with E-state index in [-0.39, 0.29) is 5.56 Å². The van der Waals surface area contributed by atoms with E-state index in [1.54, 1.807) is 48.5 Å². The van der Waals surface area contributed by atoms with Crippen LogP contribution in [0.15, 0.2) is 91.0 Å². The summed E-state index contributed by atoms with van der Waals surface area (Å²) in [7, 11) is 0. The lowest BCUT2D eigenvalue weighted by Crippen LogP contribution is -2.29. The molecule has 0 atom stereocenters. The summed E-state index contributed by atoms with van der Waals surface area (Å²) in [5, 5.41) is 1.78. The van der Waals surface area contributed by atoms with Crippen molar-refractivity contribution >= 4 is 34.2 Å².